The number of piperazine rings is 1. The lowest BCUT2D eigenvalue weighted by molar-refractivity contribution is 0.0188. The molecule has 1 fully saturated rings. The highest BCUT2D eigenvalue weighted by atomic mass is 16.3. The quantitative estimate of drug-likeness (QED) is 0.851. The van der Waals surface area contributed by atoms with E-state index in [4.69, 9.17) is 0 Å². The van der Waals surface area contributed by atoms with E-state index in [1.165, 1.54) is 5.56 Å². The lowest BCUT2D eigenvalue weighted by Crippen LogP contribution is -2.56. The SMILES string of the molecule is CC1CN(Cc2ccccc2)CC(CO)N1C. The van der Waals surface area contributed by atoms with E-state index in [1.807, 2.05) is 6.07 Å². The van der Waals surface area contributed by atoms with Gasteiger partial charge in [-0.2, -0.15) is 0 Å². The van der Waals surface area contributed by atoms with Crippen LogP contribution < -0.4 is 0 Å². The van der Waals surface area contributed by atoms with Crippen LogP contribution >= 0.6 is 0 Å². The molecule has 1 N–H and O–H groups in total. The van der Waals surface area contributed by atoms with Gasteiger partial charge in [0.25, 0.3) is 0 Å². The molecule has 1 aromatic carbocycles. The molecule has 1 aliphatic heterocycles. The van der Waals surface area contributed by atoms with Crippen LogP contribution in [0.5, 0.6) is 0 Å². The first-order valence-corrected chi connectivity index (χ1v) is 6.29. The molecule has 2 atom stereocenters. The predicted molar refractivity (Wildman–Crippen MR) is 69.8 cm³/mol. The highest BCUT2D eigenvalue weighted by Gasteiger charge is 2.28. The van der Waals surface area contributed by atoms with Crippen molar-refractivity contribution in [2.75, 3.05) is 26.7 Å². The number of hydrogen-bond donors (Lipinski definition) is 1. The number of likely N-dealkylation sites (N-methyl/N-ethyl adjacent to an activating group) is 1. The van der Waals surface area contributed by atoms with E-state index in [0.717, 1.165) is 19.6 Å². The van der Waals surface area contributed by atoms with Crippen LogP contribution in [-0.2, 0) is 6.54 Å². The highest BCUT2D eigenvalue weighted by Crippen LogP contribution is 2.15. The van der Waals surface area contributed by atoms with Crippen LogP contribution in [0.1, 0.15) is 12.5 Å². The molecular formula is C14H22N2O. The molecule has 3 nitrogen and oxygen atoms in total. The molecule has 94 valence electrons. The smallest absolute Gasteiger partial charge is 0.0599 e. The average molecular weight is 234 g/mol. The normalized spacial score (nSPS) is 27.2. The maximum atomic E-state index is 9.39. The summed E-state index contributed by atoms with van der Waals surface area (Å²) < 4.78 is 0. The summed E-state index contributed by atoms with van der Waals surface area (Å²) in [6.07, 6.45) is 0. The van der Waals surface area contributed by atoms with Crippen molar-refractivity contribution in [1.82, 2.24) is 9.80 Å². The fraction of sp³-hybridized carbons (Fsp3) is 0.571. The van der Waals surface area contributed by atoms with Crippen molar-refractivity contribution in [2.45, 2.75) is 25.6 Å². The highest BCUT2D eigenvalue weighted by molar-refractivity contribution is 5.14. The summed E-state index contributed by atoms with van der Waals surface area (Å²) in [5.74, 6) is 0. The van der Waals surface area contributed by atoms with Gasteiger partial charge in [-0.15, -0.1) is 0 Å². The number of aliphatic hydroxyl groups is 1. The third-order valence-corrected chi connectivity index (χ3v) is 3.72. The number of rotatable bonds is 3. The largest absolute Gasteiger partial charge is 0.395 e. The molecule has 1 aromatic rings. The van der Waals surface area contributed by atoms with Gasteiger partial charge in [0.1, 0.15) is 0 Å². The van der Waals surface area contributed by atoms with Gasteiger partial charge in [0, 0.05) is 31.7 Å². The van der Waals surface area contributed by atoms with E-state index in [2.05, 4.69) is 48.0 Å². The Morgan fingerprint density at radius 3 is 2.59 bits per heavy atom. The molecule has 2 rings (SSSR count). The van der Waals surface area contributed by atoms with Crippen LogP contribution in [-0.4, -0.2) is 53.7 Å². The second-order valence-corrected chi connectivity index (χ2v) is 5.03. The Hall–Kier alpha value is -0.900. The van der Waals surface area contributed by atoms with Crippen molar-refractivity contribution in [2.24, 2.45) is 0 Å². The lowest BCUT2D eigenvalue weighted by Gasteiger charge is -2.43. The lowest BCUT2D eigenvalue weighted by atomic mass is 10.1. The van der Waals surface area contributed by atoms with Crippen molar-refractivity contribution in [1.29, 1.82) is 0 Å². The van der Waals surface area contributed by atoms with Gasteiger partial charge in [0.2, 0.25) is 0 Å². The fourth-order valence-electron chi connectivity index (χ4n) is 2.52. The van der Waals surface area contributed by atoms with Gasteiger partial charge in [-0.25, -0.2) is 0 Å². The zero-order valence-corrected chi connectivity index (χ0v) is 10.7. The first kappa shape index (κ1) is 12.6. The zero-order valence-electron chi connectivity index (χ0n) is 10.7. The standard InChI is InChI=1S/C14H22N2O/c1-12-8-16(10-14(11-17)15(12)2)9-13-6-4-3-5-7-13/h3-7,12,14,17H,8-11H2,1-2H3. The molecule has 0 aromatic heterocycles. The summed E-state index contributed by atoms with van der Waals surface area (Å²) in [5, 5.41) is 9.39. The molecule has 0 saturated carbocycles. The number of benzene rings is 1. The summed E-state index contributed by atoms with van der Waals surface area (Å²) >= 11 is 0. The van der Waals surface area contributed by atoms with Gasteiger partial charge in [-0.05, 0) is 19.5 Å². The number of nitrogens with zero attached hydrogens (tertiary/aromatic N) is 2. The van der Waals surface area contributed by atoms with Crippen molar-refractivity contribution in [3.05, 3.63) is 35.9 Å². The van der Waals surface area contributed by atoms with Crippen molar-refractivity contribution < 1.29 is 5.11 Å². The Labute approximate surface area is 104 Å². The van der Waals surface area contributed by atoms with E-state index in [9.17, 15) is 5.11 Å². The predicted octanol–water partition coefficient (Wildman–Crippen LogP) is 1.18. The van der Waals surface area contributed by atoms with E-state index in [0.29, 0.717) is 6.04 Å². The second kappa shape index (κ2) is 5.63. The van der Waals surface area contributed by atoms with Crippen LogP contribution in [0.15, 0.2) is 30.3 Å². The van der Waals surface area contributed by atoms with Crippen molar-refractivity contribution >= 4 is 0 Å². The van der Waals surface area contributed by atoms with Crippen LogP contribution in [0.25, 0.3) is 0 Å². The average Bonchev–Trinajstić information content (AvgIpc) is 2.35. The van der Waals surface area contributed by atoms with Crippen molar-refractivity contribution in [3.8, 4) is 0 Å². The van der Waals surface area contributed by atoms with E-state index in [1.54, 1.807) is 0 Å². The second-order valence-electron chi connectivity index (χ2n) is 5.03. The molecule has 0 spiro atoms. The Morgan fingerprint density at radius 1 is 1.24 bits per heavy atom. The molecule has 1 heterocycles. The van der Waals surface area contributed by atoms with Gasteiger partial charge in [-0.1, -0.05) is 30.3 Å². The summed E-state index contributed by atoms with van der Waals surface area (Å²) in [6, 6.07) is 11.3. The Morgan fingerprint density at radius 2 is 1.94 bits per heavy atom. The summed E-state index contributed by atoms with van der Waals surface area (Å²) in [7, 11) is 2.10. The Balaban J connectivity index is 1.98. The summed E-state index contributed by atoms with van der Waals surface area (Å²) in [4.78, 5) is 4.71. The number of aliphatic hydroxyl groups excluding tert-OH is 1. The molecule has 1 saturated heterocycles. The van der Waals surface area contributed by atoms with E-state index in [-0.39, 0.29) is 12.6 Å². The number of hydrogen-bond acceptors (Lipinski definition) is 3. The Kier molecular flexibility index (Phi) is 4.15. The fourth-order valence-corrected chi connectivity index (χ4v) is 2.52. The van der Waals surface area contributed by atoms with Crippen LogP contribution in [0.3, 0.4) is 0 Å². The van der Waals surface area contributed by atoms with Gasteiger partial charge in [-0.3, -0.25) is 9.80 Å². The van der Waals surface area contributed by atoms with E-state index >= 15 is 0 Å². The molecule has 0 bridgehead atoms. The maximum Gasteiger partial charge on any atom is 0.0599 e. The van der Waals surface area contributed by atoms with Gasteiger partial charge >= 0.3 is 0 Å². The topological polar surface area (TPSA) is 26.7 Å². The first-order chi connectivity index (χ1) is 8.20. The zero-order chi connectivity index (χ0) is 12.3. The molecule has 3 heteroatoms. The minimum Gasteiger partial charge on any atom is -0.395 e. The van der Waals surface area contributed by atoms with Crippen LogP contribution in [0, 0.1) is 0 Å². The van der Waals surface area contributed by atoms with Crippen molar-refractivity contribution in [3.63, 3.8) is 0 Å². The molecule has 1 aliphatic rings. The molecule has 2 unspecified atom stereocenters. The minimum absolute atomic E-state index is 0.242. The van der Waals surface area contributed by atoms with Gasteiger partial charge < -0.3 is 5.11 Å². The van der Waals surface area contributed by atoms with Crippen LogP contribution in [0.2, 0.25) is 0 Å². The molecule has 17 heavy (non-hydrogen) atoms. The minimum atomic E-state index is 0.242. The Bertz CT molecular complexity index is 341. The first-order valence-electron chi connectivity index (χ1n) is 6.29. The van der Waals surface area contributed by atoms with Crippen LogP contribution in [0.4, 0.5) is 0 Å². The van der Waals surface area contributed by atoms with Gasteiger partial charge in [0.05, 0.1) is 6.61 Å². The van der Waals surface area contributed by atoms with Gasteiger partial charge in [0.15, 0.2) is 0 Å². The van der Waals surface area contributed by atoms with E-state index < -0.39 is 0 Å². The molecular weight excluding hydrogens is 212 g/mol. The summed E-state index contributed by atoms with van der Waals surface area (Å²) in [6.45, 7) is 5.47. The third kappa shape index (κ3) is 3.06. The molecule has 0 aliphatic carbocycles. The molecule has 0 radical (unpaired) electrons. The third-order valence-electron chi connectivity index (χ3n) is 3.72. The molecule has 0 amide bonds. The monoisotopic (exact) mass is 234 g/mol. The summed E-state index contributed by atoms with van der Waals surface area (Å²) in [5.41, 5.74) is 1.35. The maximum absolute atomic E-state index is 9.39.